The van der Waals surface area contributed by atoms with Crippen molar-refractivity contribution < 1.29 is 23.9 Å². The van der Waals surface area contributed by atoms with Crippen LogP contribution in [0.4, 0.5) is 0 Å². The number of rotatable bonds is 10. The van der Waals surface area contributed by atoms with Crippen molar-refractivity contribution in [3.63, 3.8) is 0 Å². The average molecular weight is 528 g/mol. The molecular formula is C26H23Cl2N3O5. The number of esters is 1. The summed E-state index contributed by atoms with van der Waals surface area (Å²) in [7, 11) is 0. The molecule has 2 N–H and O–H groups in total. The number of halogens is 2. The molecule has 0 fully saturated rings. The van der Waals surface area contributed by atoms with E-state index >= 15 is 0 Å². The fourth-order valence-electron chi connectivity index (χ4n) is 2.84. The van der Waals surface area contributed by atoms with Gasteiger partial charge in [-0.05, 0) is 78.7 Å². The first-order valence-electron chi connectivity index (χ1n) is 11.0. The molecule has 186 valence electrons. The van der Waals surface area contributed by atoms with E-state index < -0.39 is 11.9 Å². The van der Waals surface area contributed by atoms with Gasteiger partial charge in [-0.3, -0.25) is 9.59 Å². The molecule has 0 spiro atoms. The fourth-order valence-corrected chi connectivity index (χ4v) is 3.33. The van der Waals surface area contributed by atoms with Crippen molar-refractivity contribution in [1.29, 1.82) is 0 Å². The van der Waals surface area contributed by atoms with Crippen LogP contribution in [0, 0.1) is 0 Å². The highest BCUT2D eigenvalue weighted by molar-refractivity contribution is 6.36. The van der Waals surface area contributed by atoms with E-state index in [4.69, 9.17) is 32.7 Å². The third kappa shape index (κ3) is 8.11. The quantitative estimate of drug-likeness (QED) is 0.169. The molecule has 8 nitrogen and oxygen atoms in total. The first-order chi connectivity index (χ1) is 17.4. The molecule has 0 radical (unpaired) electrons. The molecule has 0 aliphatic heterocycles. The molecule has 3 rings (SSSR count). The standard InChI is InChI=1S/C26H23Cl2N3O5/c1-2-13-35-20-10-5-18(6-11-20)25(33)29-16-24(32)31-30-15-17-3-8-21(9-4-17)36-26(34)22-12-7-19(27)14-23(22)28/h3-12,14-15H,2,13,16H2,1H3,(H,29,33)(H,31,32)/b30-15+. The third-order valence-corrected chi connectivity index (χ3v) is 5.19. The molecule has 0 aliphatic rings. The minimum atomic E-state index is -0.617. The van der Waals surface area contributed by atoms with Gasteiger partial charge in [-0.25, -0.2) is 10.2 Å². The summed E-state index contributed by atoms with van der Waals surface area (Å²) in [6, 6.07) is 17.6. The molecule has 36 heavy (non-hydrogen) atoms. The normalized spacial score (nSPS) is 10.6. The second-order valence-electron chi connectivity index (χ2n) is 7.43. The first-order valence-corrected chi connectivity index (χ1v) is 11.7. The molecular weight excluding hydrogens is 505 g/mol. The Hall–Kier alpha value is -3.88. The number of benzene rings is 3. The Balaban J connectivity index is 1.43. The minimum absolute atomic E-state index is 0.193. The lowest BCUT2D eigenvalue weighted by atomic mass is 10.2. The Kier molecular flexibility index (Phi) is 9.85. The molecule has 0 saturated carbocycles. The van der Waals surface area contributed by atoms with E-state index in [2.05, 4.69) is 15.8 Å². The van der Waals surface area contributed by atoms with Crippen LogP contribution in [-0.4, -0.2) is 37.1 Å². The van der Waals surface area contributed by atoms with Crippen LogP contribution < -0.4 is 20.2 Å². The number of amides is 2. The number of nitrogens with zero attached hydrogens (tertiary/aromatic N) is 1. The molecule has 3 aromatic rings. The Morgan fingerprint density at radius 2 is 1.64 bits per heavy atom. The predicted molar refractivity (Wildman–Crippen MR) is 138 cm³/mol. The van der Waals surface area contributed by atoms with Gasteiger partial charge >= 0.3 is 5.97 Å². The van der Waals surface area contributed by atoms with E-state index in [0.717, 1.165) is 6.42 Å². The Bertz CT molecular complexity index is 1250. The lowest BCUT2D eigenvalue weighted by molar-refractivity contribution is -0.120. The van der Waals surface area contributed by atoms with Gasteiger partial charge in [-0.1, -0.05) is 30.1 Å². The zero-order valence-corrected chi connectivity index (χ0v) is 20.8. The maximum atomic E-state index is 12.3. The second kappa shape index (κ2) is 13.3. The zero-order chi connectivity index (χ0) is 25.9. The number of nitrogens with one attached hydrogen (secondary N) is 2. The monoisotopic (exact) mass is 527 g/mol. The third-order valence-electron chi connectivity index (χ3n) is 4.64. The molecule has 0 heterocycles. The summed E-state index contributed by atoms with van der Waals surface area (Å²) in [5.74, 6) is -0.514. The molecule has 0 aromatic heterocycles. The molecule has 0 aliphatic carbocycles. The van der Waals surface area contributed by atoms with Crippen LogP contribution in [0.15, 0.2) is 71.8 Å². The van der Waals surface area contributed by atoms with Crippen LogP contribution in [-0.2, 0) is 4.79 Å². The predicted octanol–water partition coefficient (Wildman–Crippen LogP) is 4.88. The minimum Gasteiger partial charge on any atom is -0.494 e. The van der Waals surface area contributed by atoms with Crippen molar-refractivity contribution in [3.8, 4) is 11.5 Å². The fraction of sp³-hybridized carbons (Fsp3) is 0.154. The average Bonchev–Trinajstić information content (AvgIpc) is 2.87. The molecule has 0 bridgehead atoms. The van der Waals surface area contributed by atoms with E-state index in [-0.39, 0.29) is 23.0 Å². The van der Waals surface area contributed by atoms with E-state index in [1.807, 2.05) is 6.92 Å². The molecule has 10 heteroatoms. The number of carbonyl (C=O) groups excluding carboxylic acids is 3. The summed E-state index contributed by atoms with van der Waals surface area (Å²) in [5.41, 5.74) is 3.59. The van der Waals surface area contributed by atoms with Gasteiger partial charge in [0.1, 0.15) is 11.5 Å². The van der Waals surface area contributed by atoms with Crippen molar-refractivity contribution in [3.05, 3.63) is 93.5 Å². The maximum Gasteiger partial charge on any atom is 0.345 e. The van der Waals surface area contributed by atoms with Crippen LogP contribution in [0.1, 0.15) is 39.6 Å². The van der Waals surface area contributed by atoms with Gasteiger partial charge in [0.2, 0.25) is 0 Å². The largest absolute Gasteiger partial charge is 0.494 e. The van der Waals surface area contributed by atoms with Crippen molar-refractivity contribution in [2.75, 3.05) is 13.2 Å². The lowest BCUT2D eigenvalue weighted by Crippen LogP contribution is -2.34. The number of hydrogen-bond acceptors (Lipinski definition) is 6. The van der Waals surface area contributed by atoms with Crippen LogP contribution in [0.25, 0.3) is 0 Å². The van der Waals surface area contributed by atoms with Gasteiger partial charge in [0.25, 0.3) is 11.8 Å². The van der Waals surface area contributed by atoms with Crippen LogP contribution in [0.5, 0.6) is 11.5 Å². The molecule has 2 amide bonds. The first kappa shape index (κ1) is 26.7. The number of carbonyl (C=O) groups is 3. The van der Waals surface area contributed by atoms with Crippen molar-refractivity contribution >= 4 is 47.2 Å². The summed E-state index contributed by atoms with van der Waals surface area (Å²) in [6.07, 6.45) is 2.30. The number of hydrazone groups is 1. The smallest absolute Gasteiger partial charge is 0.345 e. The van der Waals surface area contributed by atoms with Gasteiger partial charge in [-0.2, -0.15) is 5.10 Å². The van der Waals surface area contributed by atoms with Gasteiger partial charge in [-0.15, -0.1) is 0 Å². The van der Waals surface area contributed by atoms with Crippen molar-refractivity contribution in [2.45, 2.75) is 13.3 Å². The molecule has 0 unspecified atom stereocenters. The van der Waals surface area contributed by atoms with Gasteiger partial charge < -0.3 is 14.8 Å². The molecule has 0 saturated heterocycles. The summed E-state index contributed by atoms with van der Waals surface area (Å²) in [4.78, 5) is 36.4. The van der Waals surface area contributed by atoms with Gasteiger partial charge in [0.15, 0.2) is 0 Å². The summed E-state index contributed by atoms with van der Waals surface area (Å²) < 4.78 is 10.8. The van der Waals surface area contributed by atoms with Gasteiger partial charge in [0, 0.05) is 10.6 Å². The van der Waals surface area contributed by atoms with E-state index in [9.17, 15) is 14.4 Å². The van der Waals surface area contributed by atoms with Crippen molar-refractivity contribution in [2.24, 2.45) is 5.10 Å². The Morgan fingerprint density at radius 3 is 2.31 bits per heavy atom. The van der Waals surface area contributed by atoms with Crippen LogP contribution in [0.2, 0.25) is 10.0 Å². The lowest BCUT2D eigenvalue weighted by Gasteiger charge is -2.07. The molecule has 0 atom stereocenters. The van der Waals surface area contributed by atoms with E-state index in [1.54, 1.807) is 54.6 Å². The van der Waals surface area contributed by atoms with Gasteiger partial charge in [0.05, 0.1) is 30.0 Å². The zero-order valence-electron chi connectivity index (χ0n) is 19.3. The highest BCUT2D eigenvalue weighted by atomic mass is 35.5. The highest BCUT2D eigenvalue weighted by Gasteiger charge is 2.13. The topological polar surface area (TPSA) is 106 Å². The summed E-state index contributed by atoms with van der Waals surface area (Å²) >= 11 is 11.9. The number of hydrogen-bond donors (Lipinski definition) is 2. The number of ether oxygens (including phenoxy) is 2. The van der Waals surface area contributed by atoms with E-state index in [1.165, 1.54) is 18.3 Å². The summed E-state index contributed by atoms with van der Waals surface area (Å²) in [5, 5.41) is 6.99. The maximum absolute atomic E-state index is 12.3. The van der Waals surface area contributed by atoms with Crippen LogP contribution >= 0.6 is 23.2 Å². The SMILES string of the molecule is CCCOc1ccc(C(=O)NCC(=O)N/N=C/c2ccc(OC(=O)c3ccc(Cl)cc3Cl)cc2)cc1. The van der Waals surface area contributed by atoms with Crippen molar-refractivity contribution in [1.82, 2.24) is 10.7 Å². The Labute approximate surface area is 218 Å². The van der Waals surface area contributed by atoms with Crippen LogP contribution in [0.3, 0.4) is 0 Å². The second-order valence-corrected chi connectivity index (χ2v) is 8.28. The van der Waals surface area contributed by atoms with E-state index in [0.29, 0.717) is 34.3 Å². The highest BCUT2D eigenvalue weighted by Crippen LogP contribution is 2.23. The summed E-state index contributed by atoms with van der Waals surface area (Å²) in [6.45, 7) is 2.36. The Morgan fingerprint density at radius 1 is 0.944 bits per heavy atom. The molecule has 3 aromatic carbocycles.